The van der Waals surface area contributed by atoms with Gasteiger partial charge in [0.05, 0.1) is 18.8 Å². The highest BCUT2D eigenvalue weighted by Crippen LogP contribution is 2.23. The number of ether oxygens (including phenoxy) is 2. The zero-order chi connectivity index (χ0) is 20.6. The van der Waals surface area contributed by atoms with E-state index in [1.807, 2.05) is 17.0 Å². The van der Waals surface area contributed by atoms with Crippen molar-refractivity contribution in [1.29, 1.82) is 0 Å². The van der Waals surface area contributed by atoms with E-state index in [0.717, 1.165) is 97.9 Å². The molecule has 3 saturated heterocycles. The average Bonchev–Trinajstić information content (AvgIpc) is 2.83. The van der Waals surface area contributed by atoms with E-state index < -0.39 is 0 Å². The summed E-state index contributed by atoms with van der Waals surface area (Å²) in [4.78, 5) is 24.0. The van der Waals surface area contributed by atoms with Gasteiger partial charge in [0.2, 0.25) is 0 Å². The Balaban J connectivity index is 1.28. The van der Waals surface area contributed by atoms with Gasteiger partial charge in [0.15, 0.2) is 0 Å². The SMILES string of the molecule is O=C(c1cccnc1)N1CCC(CN(CCN2CCOCC2)C2CCOCC2)CC1. The molecular formula is C23H36N4O3. The average molecular weight is 417 g/mol. The number of hydrogen-bond donors (Lipinski definition) is 0. The number of nitrogens with zero attached hydrogens (tertiary/aromatic N) is 4. The quantitative estimate of drug-likeness (QED) is 0.675. The standard InChI is InChI=1S/C23H36N4O3/c28-23(21-2-1-7-24-18-21)26-8-3-20(4-9-26)19-27(22-5-14-29-15-6-22)11-10-25-12-16-30-17-13-25/h1-2,7,18,20,22H,3-6,8-17,19H2. The lowest BCUT2D eigenvalue weighted by molar-refractivity contribution is 0.00625. The molecule has 1 aromatic heterocycles. The van der Waals surface area contributed by atoms with Gasteiger partial charge in [0, 0.05) is 77.5 Å². The van der Waals surface area contributed by atoms with Gasteiger partial charge in [0.25, 0.3) is 5.91 Å². The maximum atomic E-state index is 12.7. The first-order valence-electron chi connectivity index (χ1n) is 11.6. The summed E-state index contributed by atoms with van der Waals surface area (Å²) in [6.45, 7) is 10.7. The first-order chi connectivity index (χ1) is 14.8. The number of morpholine rings is 1. The normalized spacial score (nSPS) is 22.5. The number of amides is 1. The van der Waals surface area contributed by atoms with E-state index in [-0.39, 0.29) is 5.91 Å². The molecule has 0 bridgehead atoms. The molecule has 0 unspecified atom stereocenters. The van der Waals surface area contributed by atoms with Crippen LogP contribution in [0.4, 0.5) is 0 Å². The van der Waals surface area contributed by atoms with E-state index in [1.54, 1.807) is 12.4 Å². The van der Waals surface area contributed by atoms with E-state index in [2.05, 4.69) is 14.8 Å². The number of carbonyl (C=O) groups is 1. The molecule has 0 atom stereocenters. The molecule has 7 heteroatoms. The van der Waals surface area contributed by atoms with Gasteiger partial charge in [-0.1, -0.05) is 0 Å². The van der Waals surface area contributed by atoms with Crippen LogP contribution in [0.15, 0.2) is 24.5 Å². The second-order valence-electron chi connectivity index (χ2n) is 8.77. The van der Waals surface area contributed by atoms with Gasteiger partial charge in [-0.3, -0.25) is 19.6 Å². The summed E-state index contributed by atoms with van der Waals surface area (Å²) in [7, 11) is 0. The first kappa shape index (κ1) is 21.7. The molecule has 0 radical (unpaired) electrons. The summed E-state index contributed by atoms with van der Waals surface area (Å²) >= 11 is 0. The van der Waals surface area contributed by atoms with E-state index in [0.29, 0.717) is 17.5 Å². The van der Waals surface area contributed by atoms with Crippen molar-refractivity contribution in [2.24, 2.45) is 5.92 Å². The number of aromatic nitrogens is 1. The van der Waals surface area contributed by atoms with Crippen LogP contribution in [-0.2, 0) is 9.47 Å². The molecule has 0 aromatic carbocycles. The van der Waals surface area contributed by atoms with Crippen LogP contribution in [0.1, 0.15) is 36.0 Å². The fraction of sp³-hybridized carbons (Fsp3) is 0.739. The Morgan fingerprint density at radius 3 is 2.47 bits per heavy atom. The predicted molar refractivity (Wildman–Crippen MR) is 116 cm³/mol. The molecular weight excluding hydrogens is 380 g/mol. The summed E-state index contributed by atoms with van der Waals surface area (Å²) in [6, 6.07) is 4.33. The van der Waals surface area contributed by atoms with E-state index >= 15 is 0 Å². The molecule has 0 saturated carbocycles. The maximum absolute atomic E-state index is 12.7. The van der Waals surface area contributed by atoms with Crippen molar-refractivity contribution in [1.82, 2.24) is 19.7 Å². The molecule has 4 rings (SSSR count). The Kier molecular flexibility index (Phi) is 8.08. The van der Waals surface area contributed by atoms with Crippen molar-refractivity contribution in [3.63, 3.8) is 0 Å². The molecule has 3 fully saturated rings. The number of piperidine rings is 1. The third-order valence-electron chi connectivity index (χ3n) is 6.82. The minimum Gasteiger partial charge on any atom is -0.381 e. The predicted octanol–water partition coefficient (Wildman–Crippen LogP) is 1.75. The molecule has 1 aromatic rings. The van der Waals surface area contributed by atoms with Crippen LogP contribution >= 0.6 is 0 Å². The van der Waals surface area contributed by atoms with Crippen LogP contribution < -0.4 is 0 Å². The fourth-order valence-corrected chi connectivity index (χ4v) is 4.89. The smallest absolute Gasteiger partial charge is 0.255 e. The monoisotopic (exact) mass is 416 g/mol. The van der Waals surface area contributed by atoms with Crippen molar-refractivity contribution >= 4 is 5.91 Å². The zero-order valence-corrected chi connectivity index (χ0v) is 18.1. The van der Waals surface area contributed by atoms with Gasteiger partial charge in [-0.15, -0.1) is 0 Å². The van der Waals surface area contributed by atoms with Crippen LogP contribution in [0.5, 0.6) is 0 Å². The lowest BCUT2D eigenvalue weighted by atomic mass is 9.94. The zero-order valence-electron chi connectivity index (χ0n) is 18.1. The van der Waals surface area contributed by atoms with E-state index in [1.165, 1.54) is 0 Å². The highest BCUT2D eigenvalue weighted by molar-refractivity contribution is 5.93. The Hall–Kier alpha value is -1.54. The molecule has 4 heterocycles. The van der Waals surface area contributed by atoms with Gasteiger partial charge >= 0.3 is 0 Å². The Labute approximate surface area is 180 Å². The Morgan fingerprint density at radius 2 is 1.77 bits per heavy atom. The molecule has 1 amide bonds. The van der Waals surface area contributed by atoms with Crippen LogP contribution in [0, 0.1) is 5.92 Å². The minimum atomic E-state index is 0.121. The van der Waals surface area contributed by atoms with Crippen molar-refractivity contribution in [2.75, 3.05) is 72.2 Å². The van der Waals surface area contributed by atoms with E-state index in [4.69, 9.17) is 9.47 Å². The number of hydrogen-bond acceptors (Lipinski definition) is 6. The topological polar surface area (TPSA) is 58.1 Å². The maximum Gasteiger partial charge on any atom is 0.255 e. The van der Waals surface area contributed by atoms with Crippen molar-refractivity contribution < 1.29 is 14.3 Å². The van der Waals surface area contributed by atoms with Crippen molar-refractivity contribution in [3.05, 3.63) is 30.1 Å². The van der Waals surface area contributed by atoms with Gasteiger partial charge in [0.1, 0.15) is 0 Å². The van der Waals surface area contributed by atoms with Gasteiger partial charge in [-0.25, -0.2) is 0 Å². The Bertz CT molecular complexity index is 639. The van der Waals surface area contributed by atoms with Crippen LogP contribution in [0.2, 0.25) is 0 Å². The molecule has 7 nitrogen and oxygen atoms in total. The molecule has 0 N–H and O–H groups in total. The number of likely N-dealkylation sites (tertiary alicyclic amines) is 1. The van der Waals surface area contributed by atoms with Crippen molar-refractivity contribution in [3.8, 4) is 0 Å². The minimum absolute atomic E-state index is 0.121. The summed E-state index contributed by atoms with van der Waals surface area (Å²) in [6.07, 6.45) is 7.84. The van der Waals surface area contributed by atoms with Gasteiger partial charge in [-0.2, -0.15) is 0 Å². The molecule has 166 valence electrons. The second-order valence-corrected chi connectivity index (χ2v) is 8.77. The summed E-state index contributed by atoms with van der Waals surface area (Å²) in [5, 5.41) is 0. The summed E-state index contributed by atoms with van der Waals surface area (Å²) < 4.78 is 11.1. The third-order valence-corrected chi connectivity index (χ3v) is 6.82. The molecule has 0 aliphatic carbocycles. The highest BCUT2D eigenvalue weighted by Gasteiger charge is 2.28. The molecule has 0 spiro atoms. The first-order valence-corrected chi connectivity index (χ1v) is 11.6. The van der Waals surface area contributed by atoms with Crippen molar-refractivity contribution in [2.45, 2.75) is 31.7 Å². The van der Waals surface area contributed by atoms with Crippen LogP contribution in [0.25, 0.3) is 0 Å². The van der Waals surface area contributed by atoms with Gasteiger partial charge < -0.3 is 14.4 Å². The summed E-state index contributed by atoms with van der Waals surface area (Å²) in [5.74, 6) is 0.783. The van der Waals surface area contributed by atoms with E-state index in [9.17, 15) is 4.79 Å². The highest BCUT2D eigenvalue weighted by atomic mass is 16.5. The number of pyridine rings is 1. The number of rotatable bonds is 7. The molecule has 30 heavy (non-hydrogen) atoms. The largest absolute Gasteiger partial charge is 0.381 e. The fourth-order valence-electron chi connectivity index (χ4n) is 4.89. The van der Waals surface area contributed by atoms with Crippen LogP contribution in [-0.4, -0.2) is 104 Å². The lowest BCUT2D eigenvalue weighted by Crippen LogP contribution is -2.49. The molecule has 3 aliphatic rings. The third kappa shape index (κ3) is 6.00. The lowest BCUT2D eigenvalue weighted by Gasteiger charge is -2.40. The summed E-state index contributed by atoms with van der Waals surface area (Å²) in [5.41, 5.74) is 0.699. The Morgan fingerprint density at radius 1 is 1.03 bits per heavy atom. The molecule has 3 aliphatic heterocycles. The second kappa shape index (κ2) is 11.2. The number of carbonyl (C=O) groups excluding carboxylic acids is 1. The van der Waals surface area contributed by atoms with Crippen LogP contribution in [0.3, 0.4) is 0 Å². The van der Waals surface area contributed by atoms with Gasteiger partial charge in [-0.05, 0) is 43.7 Å².